The van der Waals surface area contributed by atoms with Gasteiger partial charge in [0.05, 0.1) is 7.11 Å². The molecule has 1 fully saturated rings. The van der Waals surface area contributed by atoms with Gasteiger partial charge in [0, 0.05) is 37.6 Å². The average molecular weight is 339 g/mol. The number of benzene rings is 2. The first-order valence-electron chi connectivity index (χ1n) is 8.73. The SMILES string of the molecule is CCc1ccc(NC(=O)N2CCN(c3ccc(OC)cc3)CC2)cc1. The summed E-state index contributed by atoms with van der Waals surface area (Å²) in [6.07, 6.45) is 1.00. The summed E-state index contributed by atoms with van der Waals surface area (Å²) < 4.78 is 5.20. The molecule has 3 rings (SSSR count). The first-order chi connectivity index (χ1) is 12.2. The van der Waals surface area contributed by atoms with Gasteiger partial charge in [0.2, 0.25) is 0 Å². The van der Waals surface area contributed by atoms with Crippen molar-refractivity contribution in [2.75, 3.05) is 43.5 Å². The Hall–Kier alpha value is -2.69. The lowest BCUT2D eigenvalue weighted by molar-refractivity contribution is 0.208. The molecule has 0 bridgehead atoms. The minimum atomic E-state index is -0.0290. The number of hydrogen-bond donors (Lipinski definition) is 1. The molecule has 0 unspecified atom stereocenters. The Morgan fingerprint density at radius 2 is 1.64 bits per heavy atom. The van der Waals surface area contributed by atoms with Gasteiger partial charge in [-0.25, -0.2) is 4.79 Å². The number of urea groups is 1. The number of anilines is 2. The monoisotopic (exact) mass is 339 g/mol. The van der Waals surface area contributed by atoms with Crippen LogP contribution in [-0.4, -0.2) is 44.2 Å². The van der Waals surface area contributed by atoms with Crippen LogP contribution in [-0.2, 0) is 6.42 Å². The van der Waals surface area contributed by atoms with E-state index in [-0.39, 0.29) is 6.03 Å². The number of amides is 2. The van der Waals surface area contributed by atoms with Gasteiger partial charge in [0.25, 0.3) is 0 Å². The maximum Gasteiger partial charge on any atom is 0.321 e. The van der Waals surface area contributed by atoms with Crippen molar-refractivity contribution < 1.29 is 9.53 Å². The van der Waals surface area contributed by atoms with E-state index in [0.717, 1.165) is 36.6 Å². The third-order valence-corrected chi connectivity index (χ3v) is 4.62. The van der Waals surface area contributed by atoms with Crippen molar-refractivity contribution >= 4 is 17.4 Å². The zero-order valence-electron chi connectivity index (χ0n) is 14.9. The predicted octanol–water partition coefficient (Wildman–Crippen LogP) is 3.61. The molecule has 1 aliphatic rings. The Bertz CT molecular complexity index is 690. The van der Waals surface area contributed by atoms with Gasteiger partial charge in [-0.15, -0.1) is 0 Å². The second kappa shape index (κ2) is 7.92. The van der Waals surface area contributed by atoms with E-state index in [1.165, 1.54) is 5.56 Å². The molecule has 2 aromatic carbocycles. The number of aryl methyl sites for hydroxylation is 1. The molecule has 1 N–H and O–H groups in total. The van der Waals surface area contributed by atoms with Crippen LogP contribution in [0, 0.1) is 0 Å². The number of piperazine rings is 1. The molecular weight excluding hydrogens is 314 g/mol. The summed E-state index contributed by atoms with van der Waals surface area (Å²) in [5, 5.41) is 2.98. The third-order valence-electron chi connectivity index (χ3n) is 4.62. The summed E-state index contributed by atoms with van der Waals surface area (Å²) in [5.74, 6) is 0.857. The van der Waals surface area contributed by atoms with Crippen LogP contribution in [0.3, 0.4) is 0 Å². The van der Waals surface area contributed by atoms with Crippen molar-refractivity contribution in [3.8, 4) is 5.75 Å². The first-order valence-corrected chi connectivity index (χ1v) is 8.73. The minimum Gasteiger partial charge on any atom is -0.497 e. The lowest BCUT2D eigenvalue weighted by Gasteiger charge is -2.36. The zero-order chi connectivity index (χ0) is 17.6. The number of carbonyl (C=O) groups is 1. The van der Waals surface area contributed by atoms with E-state index in [0.29, 0.717) is 13.1 Å². The van der Waals surface area contributed by atoms with Crippen molar-refractivity contribution in [3.05, 3.63) is 54.1 Å². The summed E-state index contributed by atoms with van der Waals surface area (Å²) in [6, 6.07) is 16.1. The second-order valence-corrected chi connectivity index (χ2v) is 6.15. The summed E-state index contributed by atoms with van der Waals surface area (Å²) in [5.41, 5.74) is 3.28. The summed E-state index contributed by atoms with van der Waals surface area (Å²) in [6.45, 7) is 5.20. The van der Waals surface area contributed by atoms with Crippen LogP contribution < -0.4 is 15.0 Å². The number of hydrogen-bond acceptors (Lipinski definition) is 3. The average Bonchev–Trinajstić information content (AvgIpc) is 2.69. The normalized spacial score (nSPS) is 14.3. The van der Waals surface area contributed by atoms with Crippen LogP contribution in [0.2, 0.25) is 0 Å². The molecule has 0 aromatic heterocycles. The first kappa shape index (κ1) is 17.1. The van der Waals surface area contributed by atoms with E-state index in [2.05, 4.69) is 41.4 Å². The van der Waals surface area contributed by atoms with Crippen LogP contribution in [0.4, 0.5) is 16.2 Å². The van der Waals surface area contributed by atoms with Crippen molar-refractivity contribution in [3.63, 3.8) is 0 Å². The lowest BCUT2D eigenvalue weighted by atomic mass is 10.1. The van der Waals surface area contributed by atoms with Gasteiger partial charge in [0.1, 0.15) is 5.75 Å². The summed E-state index contributed by atoms with van der Waals surface area (Å²) in [7, 11) is 1.67. The molecule has 0 atom stereocenters. The molecule has 5 heteroatoms. The van der Waals surface area contributed by atoms with Crippen molar-refractivity contribution in [2.45, 2.75) is 13.3 Å². The molecular formula is C20H25N3O2. The number of nitrogens with zero attached hydrogens (tertiary/aromatic N) is 2. The highest BCUT2D eigenvalue weighted by molar-refractivity contribution is 5.89. The fourth-order valence-corrected chi connectivity index (χ4v) is 2.99. The Morgan fingerprint density at radius 3 is 2.20 bits per heavy atom. The number of carbonyl (C=O) groups excluding carboxylic acids is 1. The minimum absolute atomic E-state index is 0.0290. The highest BCUT2D eigenvalue weighted by Gasteiger charge is 2.21. The summed E-state index contributed by atoms with van der Waals surface area (Å²) in [4.78, 5) is 16.6. The van der Waals surface area contributed by atoms with E-state index < -0.39 is 0 Å². The van der Waals surface area contributed by atoms with Crippen molar-refractivity contribution in [1.82, 2.24) is 4.90 Å². The smallest absolute Gasteiger partial charge is 0.321 e. The fourth-order valence-electron chi connectivity index (χ4n) is 2.99. The van der Waals surface area contributed by atoms with Gasteiger partial charge >= 0.3 is 6.03 Å². The van der Waals surface area contributed by atoms with Crippen molar-refractivity contribution in [1.29, 1.82) is 0 Å². The maximum absolute atomic E-state index is 12.4. The van der Waals surface area contributed by atoms with Gasteiger partial charge in [-0.2, -0.15) is 0 Å². The number of ether oxygens (including phenoxy) is 1. The fraction of sp³-hybridized carbons (Fsp3) is 0.350. The molecule has 25 heavy (non-hydrogen) atoms. The molecule has 2 aromatic rings. The molecule has 0 aliphatic carbocycles. The van der Waals surface area contributed by atoms with E-state index in [9.17, 15) is 4.79 Å². The molecule has 5 nitrogen and oxygen atoms in total. The molecule has 0 saturated carbocycles. The molecule has 1 saturated heterocycles. The highest BCUT2D eigenvalue weighted by atomic mass is 16.5. The van der Waals surface area contributed by atoms with Crippen LogP contribution >= 0.6 is 0 Å². The quantitative estimate of drug-likeness (QED) is 0.925. The molecule has 0 radical (unpaired) electrons. The van der Waals surface area contributed by atoms with Gasteiger partial charge in [-0.1, -0.05) is 19.1 Å². The van der Waals surface area contributed by atoms with E-state index in [1.807, 2.05) is 29.2 Å². The zero-order valence-corrected chi connectivity index (χ0v) is 14.9. The van der Waals surface area contributed by atoms with E-state index in [1.54, 1.807) is 7.11 Å². The molecule has 132 valence electrons. The molecule has 0 spiro atoms. The molecule has 1 heterocycles. The Balaban J connectivity index is 1.52. The Morgan fingerprint density at radius 1 is 1.00 bits per heavy atom. The predicted molar refractivity (Wildman–Crippen MR) is 102 cm³/mol. The van der Waals surface area contributed by atoms with Crippen LogP contribution in [0.5, 0.6) is 5.75 Å². The van der Waals surface area contributed by atoms with Crippen LogP contribution in [0.1, 0.15) is 12.5 Å². The van der Waals surface area contributed by atoms with Gasteiger partial charge in [0.15, 0.2) is 0 Å². The van der Waals surface area contributed by atoms with Gasteiger partial charge < -0.3 is 19.9 Å². The molecule has 1 aliphatic heterocycles. The van der Waals surface area contributed by atoms with Crippen LogP contribution in [0.15, 0.2) is 48.5 Å². The van der Waals surface area contributed by atoms with E-state index in [4.69, 9.17) is 4.74 Å². The van der Waals surface area contributed by atoms with Gasteiger partial charge in [-0.3, -0.25) is 0 Å². The Kier molecular flexibility index (Phi) is 5.43. The topological polar surface area (TPSA) is 44.8 Å². The largest absolute Gasteiger partial charge is 0.497 e. The maximum atomic E-state index is 12.4. The highest BCUT2D eigenvalue weighted by Crippen LogP contribution is 2.21. The Labute approximate surface area is 149 Å². The standard InChI is InChI=1S/C20H25N3O2/c1-3-16-4-6-17(7-5-16)21-20(24)23-14-12-22(13-15-23)18-8-10-19(25-2)11-9-18/h4-11H,3,12-15H2,1-2H3,(H,21,24). The van der Waals surface area contributed by atoms with Crippen LogP contribution in [0.25, 0.3) is 0 Å². The molecule has 2 amide bonds. The number of methoxy groups -OCH3 is 1. The number of rotatable bonds is 4. The lowest BCUT2D eigenvalue weighted by Crippen LogP contribution is -2.50. The number of nitrogens with one attached hydrogen (secondary N) is 1. The van der Waals surface area contributed by atoms with Gasteiger partial charge in [-0.05, 0) is 48.4 Å². The summed E-state index contributed by atoms with van der Waals surface area (Å²) >= 11 is 0. The third kappa shape index (κ3) is 4.24. The van der Waals surface area contributed by atoms with E-state index >= 15 is 0 Å². The van der Waals surface area contributed by atoms with Crippen molar-refractivity contribution in [2.24, 2.45) is 0 Å². The second-order valence-electron chi connectivity index (χ2n) is 6.15.